The Kier molecular flexibility index (Phi) is 7.32. The second kappa shape index (κ2) is 8.74. The third kappa shape index (κ3) is 6.08. The first kappa shape index (κ1) is 19.3. The molecule has 2 atom stereocenters. The number of carbonyl (C=O) groups is 3. The molecule has 0 spiro atoms. The standard InChI is InChI=1S/C15H18Cl2N2O4/c1-8(6-12(20)21)7-18-14(22)9(2)19-15(23)10-4-3-5-11(16)13(10)17/h3-5,8-9H,6-7H2,1-2H3,(H,18,22)(H,19,23)(H,20,21). The number of nitrogens with one attached hydrogen (secondary N) is 2. The molecule has 0 fully saturated rings. The fraction of sp³-hybridized carbons (Fsp3) is 0.400. The molecule has 126 valence electrons. The number of halogens is 2. The summed E-state index contributed by atoms with van der Waals surface area (Å²) in [6.07, 6.45) is -0.0425. The molecular weight excluding hydrogens is 343 g/mol. The molecule has 3 N–H and O–H groups in total. The average molecular weight is 361 g/mol. The number of amides is 2. The highest BCUT2D eigenvalue weighted by Crippen LogP contribution is 2.25. The van der Waals surface area contributed by atoms with Crippen molar-refractivity contribution < 1.29 is 19.5 Å². The number of hydrogen-bond acceptors (Lipinski definition) is 3. The van der Waals surface area contributed by atoms with E-state index in [1.54, 1.807) is 19.1 Å². The van der Waals surface area contributed by atoms with Gasteiger partial charge in [-0.15, -0.1) is 0 Å². The Bertz CT molecular complexity index is 607. The van der Waals surface area contributed by atoms with Crippen LogP contribution in [0.5, 0.6) is 0 Å². The molecule has 0 aliphatic heterocycles. The van der Waals surface area contributed by atoms with E-state index in [0.717, 1.165) is 0 Å². The Morgan fingerprint density at radius 2 is 1.87 bits per heavy atom. The van der Waals surface area contributed by atoms with E-state index in [1.807, 2.05) is 0 Å². The Morgan fingerprint density at radius 3 is 2.48 bits per heavy atom. The van der Waals surface area contributed by atoms with Crippen molar-refractivity contribution in [3.8, 4) is 0 Å². The highest BCUT2D eigenvalue weighted by molar-refractivity contribution is 6.43. The van der Waals surface area contributed by atoms with Crippen molar-refractivity contribution in [1.29, 1.82) is 0 Å². The molecule has 0 bridgehead atoms. The molecule has 2 unspecified atom stereocenters. The molecule has 0 heterocycles. The van der Waals surface area contributed by atoms with Crippen LogP contribution >= 0.6 is 23.2 Å². The topological polar surface area (TPSA) is 95.5 Å². The molecule has 0 aromatic heterocycles. The fourth-order valence-electron chi connectivity index (χ4n) is 1.82. The molecule has 1 aromatic carbocycles. The molecule has 1 aromatic rings. The summed E-state index contributed by atoms with van der Waals surface area (Å²) < 4.78 is 0. The molecule has 0 saturated carbocycles. The van der Waals surface area contributed by atoms with Crippen LogP contribution in [0.25, 0.3) is 0 Å². The van der Waals surface area contributed by atoms with Crippen LogP contribution in [-0.4, -0.2) is 35.5 Å². The molecule has 1 rings (SSSR count). The maximum atomic E-state index is 12.1. The van der Waals surface area contributed by atoms with Gasteiger partial charge in [0, 0.05) is 13.0 Å². The summed E-state index contributed by atoms with van der Waals surface area (Å²) in [4.78, 5) is 34.6. The highest BCUT2D eigenvalue weighted by Gasteiger charge is 2.19. The number of carboxylic acids is 1. The number of carbonyl (C=O) groups excluding carboxylic acids is 2. The van der Waals surface area contributed by atoms with Gasteiger partial charge >= 0.3 is 5.97 Å². The Morgan fingerprint density at radius 1 is 1.22 bits per heavy atom. The van der Waals surface area contributed by atoms with E-state index in [1.165, 1.54) is 13.0 Å². The van der Waals surface area contributed by atoms with Crippen LogP contribution in [0.4, 0.5) is 0 Å². The average Bonchev–Trinajstić information content (AvgIpc) is 2.46. The molecule has 2 amide bonds. The van der Waals surface area contributed by atoms with Gasteiger partial charge in [0.05, 0.1) is 15.6 Å². The van der Waals surface area contributed by atoms with Crippen molar-refractivity contribution in [2.45, 2.75) is 26.3 Å². The van der Waals surface area contributed by atoms with Gasteiger partial charge in [0.1, 0.15) is 6.04 Å². The summed E-state index contributed by atoms with van der Waals surface area (Å²) in [7, 11) is 0. The molecule has 0 saturated heterocycles. The van der Waals surface area contributed by atoms with E-state index in [2.05, 4.69) is 10.6 Å². The van der Waals surface area contributed by atoms with E-state index in [9.17, 15) is 14.4 Å². The van der Waals surface area contributed by atoms with Crippen molar-refractivity contribution in [3.05, 3.63) is 33.8 Å². The zero-order chi connectivity index (χ0) is 17.6. The largest absolute Gasteiger partial charge is 0.481 e. The summed E-state index contributed by atoms with van der Waals surface area (Å²) in [6.45, 7) is 3.44. The minimum Gasteiger partial charge on any atom is -0.481 e. The lowest BCUT2D eigenvalue weighted by molar-refractivity contribution is -0.138. The van der Waals surface area contributed by atoms with Crippen molar-refractivity contribution in [1.82, 2.24) is 10.6 Å². The molecule has 0 aliphatic carbocycles. The second-order valence-corrected chi connectivity index (χ2v) is 6.03. The summed E-state index contributed by atoms with van der Waals surface area (Å²) >= 11 is 11.8. The van der Waals surface area contributed by atoms with Gasteiger partial charge in [-0.2, -0.15) is 0 Å². The van der Waals surface area contributed by atoms with Crippen molar-refractivity contribution in [2.75, 3.05) is 6.54 Å². The summed E-state index contributed by atoms with van der Waals surface area (Å²) in [6, 6.07) is 3.85. The summed E-state index contributed by atoms with van der Waals surface area (Å²) in [5, 5.41) is 14.1. The van der Waals surface area contributed by atoms with Crippen molar-refractivity contribution in [3.63, 3.8) is 0 Å². The van der Waals surface area contributed by atoms with Gasteiger partial charge in [0.2, 0.25) is 5.91 Å². The van der Waals surface area contributed by atoms with Crippen molar-refractivity contribution >= 4 is 41.0 Å². The minimum atomic E-state index is -0.927. The molecule has 0 radical (unpaired) electrons. The molecule has 6 nitrogen and oxygen atoms in total. The van der Waals surface area contributed by atoms with E-state index < -0.39 is 23.8 Å². The normalized spacial score (nSPS) is 13.0. The van der Waals surface area contributed by atoms with Gasteiger partial charge in [-0.1, -0.05) is 36.2 Å². The van der Waals surface area contributed by atoms with Crippen LogP contribution < -0.4 is 10.6 Å². The van der Waals surface area contributed by atoms with E-state index >= 15 is 0 Å². The fourth-order valence-corrected chi connectivity index (χ4v) is 2.20. The Balaban J connectivity index is 2.56. The van der Waals surface area contributed by atoms with Crippen LogP contribution in [0.1, 0.15) is 30.6 Å². The van der Waals surface area contributed by atoms with Gasteiger partial charge in [-0.25, -0.2) is 0 Å². The maximum absolute atomic E-state index is 12.1. The van der Waals surface area contributed by atoms with Crippen LogP contribution in [0.15, 0.2) is 18.2 Å². The third-order valence-electron chi connectivity index (χ3n) is 3.08. The van der Waals surface area contributed by atoms with Gasteiger partial charge in [-0.3, -0.25) is 14.4 Å². The minimum absolute atomic E-state index is 0.0425. The number of hydrogen-bond donors (Lipinski definition) is 3. The predicted molar refractivity (Wildman–Crippen MR) is 87.8 cm³/mol. The van der Waals surface area contributed by atoms with Crippen LogP contribution in [0.2, 0.25) is 10.0 Å². The van der Waals surface area contributed by atoms with E-state index in [0.29, 0.717) is 0 Å². The highest BCUT2D eigenvalue weighted by atomic mass is 35.5. The zero-order valence-corrected chi connectivity index (χ0v) is 14.2. The van der Waals surface area contributed by atoms with Crippen molar-refractivity contribution in [2.24, 2.45) is 5.92 Å². The quantitative estimate of drug-likeness (QED) is 0.695. The lowest BCUT2D eigenvalue weighted by Gasteiger charge is -2.16. The van der Waals surface area contributed by atoms with E-state index in [-0.39, 0.29) is 34.5 Å². The van der Waals surface area contributed by atoms with Crippen LogP contribution in [-0.2, 0) is 9.59 Å². The lowest BCUT2D eigenvalue weighted by atomic mass is 10.1. The van der Waals surface area contributed by atoms with Gasteiger partial charge in [0.25, 0.3) is 5.91 Å². The van der Waals surface area contributed by atoms with Gasteiger partial charge in [0.15, 0.2) is 0 Å². The number of aliphatic carboxylic acids is 1. The number of benzene rings is 1. The molecule has 0 aliphatic rings. The van der Waals surface area contributed by atoms with Crippen LogP contribution in [0, 0.1) is 5.92 Å². The van der Waals surface area contributed by atoms with Gasteiger partial charge < -0.3 is 15.7 Å². The lowest BCUT2D eigenvalue weighted by Crippen LogP contribution is -2.46. The first-order valence-corrected chi connectivity index (χ1v) is 7.72. The molecular formula is C15H18Cl2N2O4. The molecule has 8 heteroatoms. The molecule has 23 heavy (non-hydrogen) atoms. The zero-order valence-electron chi connectivity index (χ0n) is 12.7. The van der Waals surface area contributed by atoms with E-state index in [4.69, 9.17) is 28.3 Å². The Labute approximate surface area is 144 Å². The first-order chi connectivity index (χ1) is 10.7. The monoisotopic (exact) mass is 360 g/mol. The summed E-state index contributed by atoms with van der Waals surface area (Å²) in [5.74, 6) is -2.06. The SMILES string of the molecule is CC(CNC(=O)C(C)NC(=O)c1cccc(Cl)c1Cl)CC(=O)O. The third-order valence-corrected chi connectivity index (χ3v) is 3.90. The number of rotatable bonds is 7. The Hall–Kier alpha value is -1.79. The smallest absolute Gasteiger partial charge is 0.303 e. The second-order valence-electron chi connectivity index (χ2n) is 5.24. The van der Waals surface area contributed by atoms with Gasteiger partial charge in [-0.05, 0) is 25.0 Å². The summed E-state index contributed by atoms with van der Waals surface area (Å²) in [5.41, 5.74) is 0.179. The number of carboxylic acid groups (broad SMARTS) is 1. The van der Waals surface area contributed by atoms with Crippen LogP contribution in [0.3, 0.4) is 0 Å². The predicted octanol–water partition coefficient (Wildman–Crippen LogP) is 2.34. The maximum Gasteiger partial charge on any atom is 0.303 e. The first-order valence-electron chi connectivity index (χ1n) is 6.96.